The van der Waals surface area contributed by atoms with Crippen molar-refractivity contribution in [2.75, 3.05) is 5.32 Å². The number of para-hydroxylation sites is 1. The van der Waals surface area contributed by atoms with Gasteiger partial charge in [-0.05, 0) is 31.9 Å². The van der Waals surface area contributed by atoms with Crippen LogP contribution in [-0.4, -0.2) is 20.0 Å². The van der Waals surface area contributed by atoms with Crippen molar-refractivity contribution < 1.29 is 8.81 Å². The van der Waals surface area contributed by atoms with Gasteiger partial charge in [-0.2, -0.15) is 5.10 Å². The van der Waals surface area contributed by atoms with Gasteiger partial charge in [0.05, 0.1) is 17.6 Å². The zero-order chi connectivity index (χ0) is 18.0. The fraction of sp³-hybridized carbons (Fsp3) is 0.389. The van der Waals surface area contributed by atoms with E-state index in [9.17, 15) is 4.39 Å². The Kier molecular flexibility index (Phi) is 4.83. The highest BCUT2D eigenvalue weighted by Gasteiger charge is 2.18. The fourth-order valence-electron chi connectivity index (χ4n) is 2.59. The summed E-state index contributed by atoms with van der Waals surface area (Å²) in [6.07, 6.45) is 2.42. The molecule has 2 heterocycles. The van der Waals surface area contributed by atoms with Crippen LogP contribution in [0.5, 0.6) is 0 Å². The lowest BCUT2D eigenvalue weighted by Crippen LogP contribution is -2.08. The summed E-state index contributed by atoms with van der Waals surface area (Å²) in [6.45, 7) is 8.02. The average Bonchev–Trinajstić information content (AvgIpc) is 3.15. The first-order valence-corrected chi connectivity index (χ1v) is 8.34. The molecule has 0 unspecified atom stereocenters. The highest BCUT2D eigenvalue weighted by atomic mass is 19.1. The van der Waals surface area contributed by atoms with Crippen LogP contribution in [0.15, 0.2) is 34.9 Å². The van der Waals surface area contributed by atoms with Gasteiger partial charge in [-0.25, -0.2) is 9.07 Å². The molecule has 7 heteroatoms. The lowest BCUT2D eigenvalue weighted by atomic mass is 10.1. The number of halogens is 1. The van der Waals surface area contributed by atoms with Crippen LogP contribution in [-0.2, 0) is 6.42 Å². The molecule has 0 fully saturated rings. The van der Waals surface area contributed by atoms with Crippen molar-refractivity contribution in [3.8, 4) is 5.69 Å². The molecule has 3 rings (SSSR count). The molecule has 1 aromatic carbocycles. The summed E-state index contributed by atoms with van der Waals surface area (Å²) in [5, 5.41) is 15.8. The molecule has 0 saturated heterocycles. The first-order valence-electron chi connectivity index (χ1n) is 8.34. The van der Waals surface area contributed by atoms with E-state index in [4.69, 9.17) is 4.42 Å². The zero-order valence-corrected chi connectivity index (χ0v) is 14.8. The number of anilines is 1. The Hall–Kier alpha value is -2.70. The van der Waals surface area contributed by atoms with Crippen LogP contribution in [0.2, 0.25) is 0 Å². The second-order valence-electron chi connectivity index (χ2n) is 6.50. The third-order valence-corrected chi connectivity index (χ3v) is 3.90. The van der Waals surface area contributed by atoms with Gasteiger partial charge in [-0.3, -0.25) is 0 Å². The van der Waals surface area contributed by atoms with Gasteiger partial charge >= 0.3 is 0 Å². The van der Waals surface area contributed by atoms with Crippen LogP contribution in [0.4, 0.5) is 10.1 Å². The summed E-state index contributed by atoms with van der Waals surface area (Å²) in [6, 6.07) is 6.37. The van der Waals surface area contributed by atoms with E-state index in [-0.39, 0.29) is 11.9 Å². The molecule has 0 spiro atoms. The van der Waals surface area contributed by atoms with Gasteiger partial charge in [0.1, 0.15) is 17.5 Å². The van der Waals surface area contributed by atoms with E-state index in [0.29, 0.717) is 23.4 Å². The fourth-order valence-corrected chi connectivity index (χ4v) is 2.59. The number of nitrogens with zero attached hydrogens (tertiary/aromatic N) is 4. The maximum atomic E-state index is 14.0. The van der Waals surface area contributed by atoms with Gasteiger partial charge in [0.2, 0.25) is 11.8 Å². The van der Waals surface area contributed by atoms with E-state index in [1.54, 1.807) is 29.1 Å². The second kappa shape index (κ2) is 7.04. The van der Waals surface area contributed by atoms with Gasteiger partial charge in [0.25, 0.3) is 0 Å². The number of benzene rings is 1. The Morgan fingerprint density at radius 2 is 1.96 bits per heavy atom. The van der Waals surface area contributed by atoms with Crippen LogP contribution < -0.4 is 5.32 Å². The summed E-state index contributed by atoms with van der Waals surface area (Å²) in [5.74, 6) is 1.30. The molecule has 0 aliphatic heterocycles. The number of nitrogens with one attached hydrogen (secondary N) is 1. The molecule has 3 aromatic rings. The Balaban J connectivity index is 1.77. The number of rotatable bonds is 6. The molecule has 0 bridgehead atoms. The van der Waals surface area contributed by atoms with E-state index >= 15 is 0 Å². The molecule has 0 radical (unpaired) electrons. The standard InChI is InChI=1S/C18H22FN5O/c1-11(2)9-17-22-23-18(25-17)12(3)21-15-10-20-24(13(15)4)16-8-6-5-7-14(16)19/h5-8,10-12,21H,9H2,1-4H3/t12-/m0/s1. The van der Waals surface area contributed by atoms with E-state index in [1.807, 2.05) is 13.8 Å². The van der Waals surface area contributed by atoms with Crippen LogP contribution in [0.25, 0.3) is 5.69 Å². The Morgan fingerprint density at radius 1 is 1.20 bits per heavy atom. The summed E-state index contributed by atoms with van der Waals surface area (Å²) in [4.78, 5) is 0. The molecule has 1 atom stereocenters. The highest BCUT2D eigenvalue weighted by molar-refractivity contribution is 5.50. The largest absolute Gasteiger partial charge is 0.423 e. The van der Waals surface area contributed by atoms with Crippen LogP contribution in [0.3, 0.4) is 0 Å². The average molecular weight is 343 g/mol. The molecule has 0 saturated carbocycles. The predicted molar refractivity (Wildman–Crippen MR) is 93.1 cm³/mol. The van der Waals surface area contributed by atoms with Gasteiger partial charge < -0.3 is 9.73 Å². The van der Waals surface area contributed by atoms with E-state index in [2.05, 4.69) is 34.5 Å². The molecular weight excluding hydrogens is 321 g/mol. The smallest absolute Gasteiger partial charge is 0.238 e. The molecule has 25 heavy (non-hydrogen) atoms. The minimum Gasteiger partial charge on any atom is -0.423 e. The topological polar surface area (TPSA) is 68.8 Å². The molecule has 1 N–H and O–H groups in total. The van der Waals surface area contributed by atoms with Crippen molar-refractivity contribution >= 4 is 5.69 Å². The molecule has 0 aliphatic carbocycles. The van der Waals surface area contributed by atoms with Crippen molar-refractivity contribution in [2.24, 2.45) is 5.92 Å². The van der Waals surface area contributed by atoms with Gasteiger partial charge in [-0.15, -0.1) is 10.2 Å². The third kappa shape index (κ3) is 3.70. The van der Waals surface area contributed by atoms with Crippen molar-refractivity contribution in [1.82, 2.24) is 20.0 Å². The summed E-state index contributed by atoms with van der Waals surface area (Å²) >= 11 is 0. The maximum absolute atomic E-state index is 14.0. The lowest BCUT2D eigenvalue weighted by Gasteiger charge is -2.11. The van der Waals surface area contributed by atoms with Crippen LogP contribution in [0.1, 0.15) is 44.3 Å². The van der Waals surface area contributed by atoms with Crippen molar-refractivity contribution in [2.45, 2.75) is 40.2 Å². The van der Waals surface area contributed by atoms with Gasteiger partial charge in [0, 0.05) is 6.42 Å². The lowest BCUT2D eigenvalue weighted by molar-refractivity contribution is 0.414. The summed E-state index contributed by atoms with van der Waals surface area (Å²) < 4.78 is 21.3. The molecular formula is C18H22FN5O. The Bertz CT molecular complexity index is 855. The first-order chi connectivity index (χ1) is 12.0. The van der Waals surface area contributed by atoms with Crippen LogP contribution >= 0.6 is 0 Å². The van der Waals surface area contributed by atoms with Gasteiger partial charge in [-0.1, -0.05) is 26.0 Å². The van der Waals surface area contributed by atoms with Crippen LogP contribution in [0, 0.1) is 18.7 Å². The van der Waals surface area contributed by atoms with Crippen molar-refractivity contribution in [1.29, 1.82) is 0 Å². The minimum atomic E-state index is -0.316. The van der Waals surface area contributed by atoms with E-state index < -0.39 is 0 Å². The monoisotopic (exact) mass is 343 g/mol. The first kappa shape index (κ1) is 17.1. The predicted octanol–water partition coefficient (Wildman–Crippen LogP) is 4.07. The molecule has 0 aliphatic rings. The molecule has 2 aromatic heterocycles. The second-order valence-corrected chi connectivity index (χ2v) is 6.50. The summed E-state index contributed by atoms with van der Waals surface area (Å²) in [5.41, 5.74) is 2.01. The molecule has 132 valence electrons. The molecule has 6 nitrogen and oxygen atoms in total. The number of aromatic nitrogens is 4. The maximum Gasteiger partial charge on any atom is 0.238 e. The molecule has 0 amide bonds. The van der Waals surface area contributed by atoms with E-state index in [1.165, 1.54) is 6.07 Å². The Labute approximate surface area is 146 Å². The highest BCUT2D eigenvalue weighted by Crippen LogP contribution is 2.24. The Morgan fingerprint density at radius 3 is 2.68 bits per heavy atom. The van der Waals surface area contributed by atoms with Crippen molar-refractivity contribution in [3.05, 3.63) is 53.8 Å². The summed E-state index contributed by atoms with van der Waals surface area (Å²) in [7, 11) is 0. The number of hydrogen-bond acceptors (Lipinski definition) is 5. The number of hydrogen-bond donors (Lipinski definition) is 1. The van der Waals surface area contributed by atoms with E-state index in [0.717, 1.165) is 17.8 Å². The zero-order valence-electron chi connectivity index (χ0n) is 14.8. The van der Waals surface area contributed by atoms with Gasteiger partial charge in [0.15, 0.2) is 0 Å². The SMILES string of the molecule is Cc1c(N[C@@H](C)c2nnc(CC(C)C)o2)cnn1-c1ccccc1F. The minimum absolute atomic E-state index is 0.176. The quantitative estimate of drug-likeness (QED) is 0.730. The third-order valence-electron chi connectivity index (χ3n) is 3.90. The normalized spacial score (nSPS) is 12.6. The van der Waals surface area contributed by atoms with Crippen molar-refractivity contribution in [3.63, 3.8) is 0 Å².